The number of esters is 2. The SMILES string of the molecule is CC/C=C\C/C=C\C/C=C\C/C=C\C/C=C\C/C=C\C/C=C\C/C=C\C/C=C\CCCCCC(=O)OC(CO)COC(=O)CCCCCCC/C=C\CCCCCCCC. The largest absolute Gasteiger partial charge is 0.462 e. The highest BCUT2D eigenvalue weighted by molar-refractivity contribution is 5.70. The predicted molar refractivity (Wildman–Crippen MR) is 260 cm³/mol. The number of carbonyl (C=O) groups excluding carboxylic acids is 2. The molecule has 5 nitrogen and oxygen atoms in total. The Morgan fingerprint density at radius 1 is 0.400 bits per heavy atom. The number of carbonyl (C=O) groups is 2. The molecule has 0 spiro atoms. The van der Waals surface area contributed by atoms with Crippen LogP contribution in [0.2, 0.25) is 0 Å². The Morgan fingerprint density at radius 2 is 0.717 bits per heavy atom. The van der Waals surface area contributed by atoms with Crippen molar-refractivity contribution in [3.05, 3.63) is 122 Å². The third kappa shape index (κ3) is 47.0. The summed E-state index contributed by atoms with van der Waals surface area (Å²) < 4.78 is 10.6. The highest BCUT2D eigenvalue weighted by Crippen LogP contribution is 2.11. The molecule has 0 radical (unpaired) electrons. The van der Waals surface area contributed by atoms with Gasteiger partial charge in [0.15, 0.2) is 6.10 Å². The molecule has 0 aliphatic rings. The zero-order valence-electron chi connectivity index (χ0n) is 38.4. The quantitative estimate of drug-likeness (QED) is 0.0377. The molecule has 0 fully saturated rings. The van der Waals surface area contributed by atoms with Crippen molar-refractivity contribution in [3.63, 3.8) is 0 Å². The number of aliphatic hydroxyl groups is 1. The molecule has 0 amide bonds. The molecule has 0 heterocycles. The number of unbranched alkanes of at least 4 members (excludes halogenated alkanes) is 14. The van der Waals surface area contributed by atoms with E-state index in [1.165, 1.54) is 57.8 Å². The first-order valence-electron chi connectivity index (χ1n) is 24.1. The van der Waals surface area contributed by atoms with Gasteiger partial charge in [0, 0.05) is 12.8 Å². The van der Waals surface area contributed by atoms with Crippen LogP contribution in [0.1, 0.15) is 194 Å². The van der Waals surface area contributed by atoms with Gasteiger partial charge in [-0.1, -0.05) is 193 Å². The van der Waals surface area contributed by atoms with Crippen LogP contribution in [-0.2, 0) is 19.1 Å². The zero-order valence-corrected chi connectivity index (χ0v) is 38.4. The lowest BCUT2D eigenvalue weighted by molar-refractivity contribution is -0.161. The van der Waals surface area contributed by atoms with Gasteiger partial charge in [-0.25, -0.2) is 0 Å². The lowest BCUT2D eigenvalue weighted by Gasteiger charge is -2.15. The predicted octanol–water partition coefficient (Wildman–Crippen LogP) is 16.0. The molecule has 1 N–H and O–H groups in total. The topological polar surface area (TPSA) is 72.8 Å². The molecule has 0 saturated carbocycles. The summed E-state index contributed by atoms with van der Waals surface area (Å²) in [6, 6.07) is 0. The molecule has 0 bridgehead atoms. The molecule has 1 unspecified atom stereocenters. The maximum atomic E-state index is 12.2. The number of rotatable bonds is 42. The van der Waals surface area contributed by atoms with Gasteiger partial charge in [0.25, 0.3) is 0 Å². The second-order valence-corrected chi connectivity index (χ2v) is 15.4. The van der Waals surface area contributed by atoms with Crippen molar-refractivity contribution in [1.82, 2.24) is 0 Å². The first-order valence-corrected chi connectivity index (χ1v) is 24.1. The lowest BCUT2D eigenvalue weighted by Crippen LogP contribution is -2.28. The maximum absolute atomic E-state index is 12.2. The normalized spacial score (nSPS) is 13.3. The highest BCUT2D eigenvalue weighted by Gasteiger charge is 2.16. The number of aliphatic hydroxyl groups excluding tert-OH is 1. The van der Waals surface area contributed by atoms with Gasteiger partial charge in [0.1, 0.15) is 6.61 Å². The Morgan fingerprint density at radius 3 is 1.12 bits per heavy atom. The fourth-order valence-corrected chi connectivity index (χ4v) is 6.13. The second-order valence-electron chi connectivity index (χ2n) is 15.4. The van der Waals surface area contributed by atoms with Crippen LogP contribution in [-0.4, -0.2) is 36.4 Å². The summed E-state index contributed by atoms with van der Waals surface area (Å²) in [5.74, 6) is -0.648. The van der Waals surface area contributed by atoms with Crippen molar-refractivity contribution in [2.45, 2.75) is 200 Å². The van der Waals surface area contributed by atoms with Gasteiger partial charge in [0.05, 0.1) is 6.61 Å². The highest BCUT2D eigenvalue weighted by atomic mass is 16.6. The minimum atomic E-state index is -0.801. The number of allylic oxidation sites excluding steroid dienone is 20. The minimum absolute atomic E-state index is 0.0913. The summed E-state index contributed by atoms with van der Waals surface area (Å²) in [4.78, 5) is 24.4. The molecule has 338 valence electrons. The number of hydrogen-bond donors (Lipinski definition) is 1. The minimum Gasteiger partial charge on any atom is -0.462 e. The fraction of sp³-hybridized carbons (Fsp3) is 0.600. The fourth-order valence-electron chi connectivity index (χ4n) is 6.13. The van der Waals surface area contributed by atoms with Crippen LogP contribution in [0.3, 0.4) is 0 Å². The summed E-state index contributed by atoms with van der Waals surface area (Å²) in [7, 11) is 0. The number of ether oxygens (including phenoxy) is 2. The van der Waals surface area contributed by atoms with Gasteiger partial charge in [0.2, 0.25) is 0 Å². The van der Waals surface area contributed by atoms with E-state index in [1.54, 1.807) is 0 Å². The molecule has 0 aliphatic carbocycles. The molecule has 0 aromatic carbocycles. The Bertz CT molecular complexity index is 1260. The molecule has 0 aromatic rings. The molecule has 0 rings (SSSR count). The molecule has 0 aromatic heterocycles. The van der Waals surface area contributed by atoms with Crippen molar-refractivity contribution in [2.75, 3.05) is 13.2 Å². The van der Waals surface area contributed by atoms with E-state index < -0.39 is 6.10 Å². The van der Waals surface area contributed by atoms with Gasteiger partial charge in [-0.3, -0.25) is 9.59 Å². The summed E-state index contributed by atoms with van der Waals surface area (Å²) in [5.41, 5.74) is 0. The van der Waals surface area contributed by atoms with Crippen molar-refractivity contribution in [3.8, 4) is 0 Å². The smallest absolute Gasteiger partial charge is 0.306 e. The Kier molecular flexibility index (Phi) is 46.6. The van der Waals surface area contributed by atoms with Gasteiger partial charge in [-0.2, -0.15) is 0 Å². The molecular weight excluding hydrogens is 741 g/mol. The van der Waals surface area contributed by atoms with Gasteiger partial charge in [-0.15, -0.1) is 0 Å². The summed E-state index contributed by atoms with van der Waals surface area (Å²) in [6.07, 6.45) is 72.8. The van der Waals surface area contributed by atoms with Gasteiger partial charge < -0.3 is 14.6 Å². The Labute approximate surface area is 369 Å². The van der Waals surface area contributed by atoms with Crippen LogP contribution >= 0.6 is 0 Å². The van der Waals surface area contributed by atoms with E-state index in [9.17, 15) is 14.7 Å². The third-order valence-electron chi connectivity index (χ3n) is 9.74. The Hall–Kier alpha value is -3.70. The van der Waals surface area contributed by atoms with Crippen molar-refractivity contribution < 1.29 is 24.2 Å². The van der Waals surface area contributed by atoms with E-state index in [0.29, 0.717) is 12.8 Å². The van der Waals surface area contributed by atoms with E-state index in [0.717, 1.165) is 109 Å². The molecule has 1 atom stereocenters. The molecular formula is C55H88O5. The first-order chi connectivity index (χ1) is 29.6. The van der Waals surface area contributed by atoms with Crippen LogP contribution < -0.4 is 0 Å². The summed E-state index contributed by atoms with van der Waals surface area (Å²) in [6.45, 7) is 3.97. The van der Waals surface area contributed by atoms with E-state index in [2.05, 4.69) is 135 Å². The van der Waals surface area contributed by atoms with Gasteiger partial charge >= 0.3 is 11.9 Å². The number of hydrogen-bond acceptors (Lipinski definition) is 5. The monoisotopic (exact) mass is 829 g/mol. The van der Waals surface area contributed by atoms with Gasteiger partial charge in [-0.05, 0) is 109 Å². The lowest BCUT2D eigenvalue weighted by atomic mass is 10.1. The molecule has 60 heavy (non-hydrogen) atoms. The summed E-state index contributed by atoms with van der Waals surface area (Å²) >= 11 is 0. The van der Waals surface area contributed by atoms with Crippen LogP contribution in [0, 0.1) is 0 Å². The third-order valence-corrected chi connectivity index (χ3v) is 9.74. The molecule has 0 aliphatic heterocycles. The molecule has 5 heteroatoms. The van der Waals surface area contributed by atoms with Crippen LogP contribution in [0.15, 0.2) is 122 Å². The summed E-state index contributed by atoms with van der Waals surface area (Å²) in [5, 5.41) is 9.59. The Balaban J connectivity index is 3.70. The molecule has 0 saturated heterocycles. The van der Waals surface area contributed by atoms with E-state index in [1.807, 2.05) is 0 Å². The van der Waals surface area contributed by atoms with Crippen LogP contribution in [0.25, 0.3) is 0 Å². The van der Waals surface area contributed by atoms with E-state index in [4.69, 9.17) is 9.47 Å². The van der Waals surface area contributed by atoms with Crippen LogP contribution in [0.4, 0.5) is 0 Å². The standard InChI is InChI=1S/C55H88O5/c1-3-5-7-9-11-13-15-17-19-20-21-22-23-24-25-26-27-28-29-30-31-32-33-34-36-38-40-42-44-46-48-50-55(58)60-53(51-56)52-59-54(57)49-47-45-43-41-39-37-35-18-16-14-12-10-8-6-4-2/h5,7,11,13,17-19,21-22,24-25,27-28,30-31,33-35,38,40,53,56H,3-4,6,8-10,12,14-16,20,23,26,29,32,36-37,39,41-52H2,1-2H3/b7-5-,13-11-,19-17-,22-21-,25-24-,28-27-,31-30-,34-33-,35-18-,40-38-. The second kappa shape index (κ2) is 49.7. The average Bonchev–Trinajstić information content (AvgIpc) is 3.25. The maximum Gasteiger partial charge on any atom is 0.306 e. The first kappa shape index (κ1) is 56.3. The van der Waals surface area contributed by atoms with E-state index in [-0.39, 0.29) is 25.2 Å². The van der Waals surface area contributed by atoms with Crippen molar-refractivity contribution in [1.29, 1.82) is 0 Å². The van der Waals surface area contributed by atoms with Crippen molar-refractivity contribution >= 4 is 11.9 Å². The average molecular weight is 829 g/mol. The van der Waals surface area contributed by atoms with Crippen molar-refractivity contribution in [2.24, 2.45) is 0 Å². The van der Waals surface area contributed by atoms with E-state index >= 15 is 0 Å². The van der Waals surface area contributed by atoms with Crippen LogP contribution in [0.5, 0.6) is 0 Å². The zero-order chi connectivity index (χ0) is 43.5.